The van der Waals surface area contributed by atoms with Gasteiger partial charge in [0.25, 0.3) is 11.8 Å². The standard InChI is InChI=1S/C26H18BrN3O6/c1-2-15-13-18(27)6-8-21(15)30-24(32)20(23(31)29-26(30)34)14-19-7-9-22(36-19)16-4-3-5-17(12-16)25(33)35-11-10-28/h3-9,12-14H,2,11H2,1H3,(H,29,31,34)/b20-14+. The Kier molecular flexibility index (Phi) is 7.12. The van der Waals surface area contributed by atoms with Gasteiger partial charge in [-0.15, -0.1) is 0 Å². The highest BCUT2D eigenvalue weighted by Crippen LogP contribution is 2.30. The van der Waals surface area contributed by atoms with Crippen LogP contribution >= 0.6 is 15.9 Å². The minimum absolute atomic E-state index is 0.196. The number of anilines is 1. The van der Waals surface area contributed by atoms with E-state index in [1.165, 1.54) is 12.1 Å². The van der Waals surface area contributed by atoms with Crippen LogP contribution in [0.25, 0.3) is 17.4 Å². The molecule has 1 aliphatic heterocycles. The number of aryl methyl sites for hydroxylation is 1. The summed E-state index contributed by atoms with van der Waals surface area (Å²) in [5.74, 6) is -1.70. The summed E-state index contributed by atoms with van der Waals surface area (Å²) in [6, 6.07) is 15.6. The average molecular weight is 548 g/mol. The minimum Gasteiger partial charge on any atom is -0.457 e. The number of nitrogens with one attached hydrogen (secondary N) is 1. The molecule has 0 bridgehead atoms. The van der Waals surface area contributed by atoms with Gasteiger partial charge in [0, 0.05) is 10.0 Å². The highest BCUT2D eigenvalue weighted by Gasteiger charge is 2.37. The van der Waals surface area contributed by atoms with Gasteiger partial charge in [0.1, 0.15) is 23.2 Å². The molecule has 0 saturated carbocycles. The van der Waals surface area contributed by atoms with Crippen molar-refractivity contribution in [2.75, 3.05) is 11.5 Å². The predicted molar refractivity (Wildman–Crippen MR) is 133 cm³/mol. The number of imide groups is 2. The highest BCUT2D eigenvalue weighted by molar-refractivity contribution is 9.10. The third-order valence-corrected chi connectivity index (χ3v) is 5.82. The van der Waals surface area contributed by atoms with E-state index in [4.69, 9.17) is 14.4 Å². The molecule has 1 N–H and O–H groups in total. The largest absolute Gasteiger partial charge is 0.457 e. The summed E-state index contributed by atoms with van der Waals surface area (Å²) < 4.78 is 11.4. The van der Waals surface area contributed by atoms with Crippen LogP contribution in [-0.2, 0) is 20.7 Å². The van der Waals surface area contributed by atoms with Crippen molar-refractivity contribution >= 4 is 51.5 Å². The number of halogens is 1. The zero-order chi connectivity index (χ0) is 25.8. The van der Waals surface area contributed by atoms with Gasteiger partial charge >= 0.3 is 12.0 Å². The molecule has 0 atom stereocenters. The first-order valence-electron chi connectivity index (χ1n) is 10.8. The number of nitriles is 1. The van der Waals surface area contributed by atoms with Crippen molar-refractivity contribution in [1.29, 1.82) is 5.26 Å². The third kappa shape index (κ3) is 4.96. The van der Waals surface area contributed by atoms with Crippen molar-refractivity contribution in [2.45, 2.75) is 13.3 Å². The van der Waals surface area contributed by atoms with Crippen molar-refractivity contribution in [3.05, 3.63) is 81.5 Å². The van der Waals surface area contributed by atoms with Crippen LogP contribution in [0.2, 0.25) is 0 Å². The molecular weight excluding hydrogens is 530 g/mol. The van der Waals surface area contributed by atoms with E-state index in [2.05, 4.69) is 21.2 Å². The fraction of sp³-hybridized carbons (Fsp3) is 0.115. The Morgan fingerprint density at radius 3 is 2.72 bits per heavy atom. The van der Waals surface area contributed by atoms with Gasteiger partial charge in [-0.25, -0.2) is 14.5 Å². The first-order valence-corrected chi connectivity index (χ1v) is 11.6. The lowest BCUT2D eigenvalue weighted by molar-refractivity contribution is -0.122. The molecule has 1 saturated heterocycles. The number of urea groups is 1. The van der Waals surface area contributed by atoms with Gasteiger partial charge in [0.15, 0.2) is 6.61 Å². The second kappa shape index (κ2) is 10.4. The lowest BCUT2D eigenvalue weighted by Crippen LogP contribution is -2.54. The number of hydrogen-bond donors (Lipinski definition) is 1. The Hall–Kier alpha value is -4.49. The number of ether oxygens (including phenoxy) is 1. The molecule has 0 radical (unpaired) electrons. The topological polar surface area (TPSA) is 130 Å². The van der Waals surface area contributed by atoms with E-state index in [0.29, 0.717) is 23.4 Å². The van der Waals surface area contributed by atoms with Crippen LogP contribution in [0.1, 0.15) is 28.6 Å². The van der Waals surface area contributed by atoms with Crippen LogP contribution in [-0.4, -0.2) is 30.4 Å². The van der Waals surface area contributed by atoms with Crippen LogP contribution in [0.3, 0.4) is 0 Å². The number of amides is 4. The molecule has 2 aromatic carbocycles. The summed E-state index contributed by atoms with van der Waals surface area (Å²) in [6.45, 7) is 1.53. The van der Waals surface area contributed by atoms with Gasteiger partial charge in [0.05, 0.1) is 11.3 Å². The summed E-state index contributed by atoms with van der Waals surface area (Å²) in [6.07, 6.45) is 1.82. The van der Waals surface area contributed by atoms with Gasteiger partial charge in [-0.3, -0.25) is 14.9 Å². The molecule has 0 aliphatic carbocycles. The summed E-state index contributed by atoms with van der Waals surface area (Å²) in [5.41, 5.74) is 1.63. The maximum Gasteiger partial charge on any atom is 0.339 e. The van der Waals surface area contributed by atoms with Gasteiger partial charge in [-0.05, 0) is 60.5 Å². The molecule has 1 fully saturated rings. The number of rotatable bonds is 6. The second-order valence-corrected chi connectivity index (χ2v) is 8.52. The number of furan rings is 1. The Morgan fingerprint density at radius 1 is 1.17 bits per heavy atom. The SMILES string of the molecule is CCc1cc(Br)ccc1N1C(=O)NC(=O)/C(=C\c2ccc(-c3cccc(C(=O)OCC#N)c3)o2)C1=O. The third-order valence-electron chi connectivity index (χ3n) is 5.33. The molecule has 180 valence electrons. The number of barbiturate groups is 1. The molecule has 10 heteroatoms. The summed E-state index contributed by atoms with van der Waals surface area (Å²) in [4.78, 5) is 51.3. The smallest absolute Gasteiger partial charge is 0.339 e. The van der Waals surface area contributed by atoms with E-state index in [1.54, 1.807) is 54.6 Å². The van der Waals surface area contributed by atoms with Gasteiger partial charge < -0.3 is 9.15 Å². The normalized spacial score (nSPS) is 14.5. The van der Waals surface area contributed by atoms with Crippen LogP contribution in [0.15, 0.2) is 69.1 Å². The molecule has 1 aromatic heterocycles. The Labute approximate surface area is 214 Å². The zero-order valence-electron chi connectivity index (χ0n) is 18.9. The van der Waals surface area contributed by atoms with Gasteiger partial charge in [0.2, 0.25) is 0 Å². The van der Waals surface area contributed by atoms with E-state index in [9.17, 15) is 19.2 Å². The molecule has 9 nitrogen and oxygen atoms in total. The Balaban J connectivity index is 1.64. The van der Waals surface area contributed by atoms with Crippen LogP contribution in [0.4, 0.5) is 10.5 Å². The van der Waals surface area contributed by atoms with Gasteiger partial charge in [-0.2, -0.15) is 5.26 Å². The number of esters is 1. The van der Waals surface area contributed by atoms with Crippen molar-refractivity contribution in [3.63, 3.8) is 0 Å². The molecule has 0 spiro atoms. The minimum atomic E-state index is -0.836. The maximum absolute atomic E-state index is 13.2. The van der Waals surface area contributed by atoms with Crippen molar-refractivity contribution in [3.8, 4) is 17.4 Å². The van der Waals surface area contributed by atoms with E-state index in [1.807, 2.05) is 6.92 Å². The van der Waals surface area contributed by atoms with Crippen LogP contribution in [0, 0.1) is 11.3 Å². The Bertz CT molecular complexity index is 1470. The quantitative estimate of drug-likeness (QED) is 0.270. The molecule has 2 heterocycles. The highest BCUT2D eigenvalue weighted by atomic mass is 79.9. The molecular formula is C26H18BrN3O6. The molecule has 4 amide bonds. The first-order chi connectivity index (χ1) is 17.3. The molecule has 36 heavy (non-hydrogen) atoms. The van der Waals surface area contributed by atoms with E-state index in [-0.39, 0.29) is 23.5 Å². The first kappa shape index (κ1) is 24.6. The summed E-state index contributed by atoms with van der Waals surface area (Å²) in [7, 11) is 0. The zero-order valence-corrected chi connectivity index (χ0v) is 20.5. The average Bonchev–Trinajstić information content (AvgIpc) is 3.34. The molecule has 1 aliphatic rings. The fourth-order valence-electron chi connectivity index (χ4n) is 3.64. The predicted octanol–water partition coefficient (Wildman–Crippen LogP) is 4.62. The van der Waals surface area contributed by atoms with Crippen molar-refractivity contribution in [1.82, 2.24) is 5.32 Å². The van der Waals surface area contributed by atoms with E-state index < -0.39 is 23.8 Å². The molecule has 0 unspecified atom stereocenters. The van der Waals surface area contributed by atoms with Crippen molar-refractivity contribution in [2.24, 2.45) is 0 Å². The fourth-order valence-corrected chi connectivity index (χ4v) is 4.05. The lowest BCUT2D eigenvalue weighted by atomic mass is 10.1. The maximum atomic E-state index is 13.2. The number of carbonyl (C=O) groups is 4. The van der Waals surface area contributed by atoms with E-state index >= 15 is 0 Å². The second-order valence-electron chi connectivity index (χ2n) is 7.60. The van der Waals surface area contributed by atoms with Crippen LogP contribution in [0.5, 0.6) is 0 Å². The number of carbonyl (C=O) groups excluding carboxylic acids is 4. The number of nitrogens with zero attached hydrogens (tertiary/aromatic N) is 2. The molecule has 4 rings (SSSR count). The number of hydrogen-bond acceptors (Lipinski definition) is 7. The van der Waals surface area contributed by atoms with Crippen LogP contribution < -0.4 is 10.2 Å². The summed E-state index contributed by atoms with van der Waals surface area (Å²) >= 11 is 3.38. The van der Waals surface area contributed by atoms with Crippen molar-refractivity contribution < 1.29 is 28.3 Å². The van der Waals surface area contributed by atoms with Gasteiger partial charge in [-0.1, -0.05) is 35.0 Å². The Morgan fingerprint density at radius 2 is 1.97 bits per heavy atom. The summed E-state index contributed by atoms with van der Waals surface area (Å²) in [5, 5.41) is 10.8. The monoisotopic (exact) mass is 547 g/mol. The molecule has 3 aromatic rings. The van der Waals surface area contributed by atoms with E-state index in [0.717, 1.165) is 14.9 Å². The lowest BCUT2D eigenvalue weighted by Gasteiger charge is -2.28. The number of benzene rings is 2.